The van der Waals surface area contributed by atoms with E-state index in [-0.39, 0.29) is 51.8 Å². The van der Waals surface area contributed by atoms with Crippen molar-refractivity contribution in [1.82, 2.24) is 5.32 Å². The van der Waals surface area contributed by atoms with Gasteiger partial charge in [-0.05, 0) is 55.3 Å². The van der Waals surface area contributed by atoms with Crippen LogP contribution in [0.15, 0.2) is 70.2 Å². The molecule has 2 rings (SSSR count). The molecule has 0 aliphatic carbocycles. The fourth-order valence-electron chi connectivity index (χ4n) is 2.17. The number of hydrogen-bond donors (Lipinski definition) is 2. The predicted octanol–water partition coefficient (Wildman–Crippen LogP) is 0.177. The van der Waals surface area contributed by atoms with E-state index >= 15 is 0 Å². The van der Waals surface area contributed by atoms with Crippen LogP contribution in [-0.4, -0.2) is 37.1 Å². The first kappa shape index (κ1) is 25.8. The van der Waals surface area contributed by atoms with Crippen molar-refractivity contribution in [1.29, 1.82) is 0 Å². The molecule has 0 aliphatic rings. The molecular formula is C19H20N3NaO6S. The van der Waals surface area contributed by atoms with Gasteiger partial charge in [0.05, 0.1) is 17.2 Å². The van der Waals surface area contributed by atoms with E-state index in [4.69, 9.17) is 4.74 Å². The number of nitrogens with one attached hydrogen (secondary N) is 1. The average molecular weight is 441 g/mol. The molecule has 1 amide bonds. The summed E-state index contributed by atoms with van der Waals surface area (Å²) < 4.78 is 38.2. The third kappa shape index (κ3) is 8.64. The van der Waals surface area contributed by atoms with E-state index in [1.807, 2.05) is 0 Å². The normalized spacial score (nSPS) is 11.0. The minimum Gasteiger partial charge on any atom is -0.744 e. The van der Waals surface area contributed by atoms with Crippen molar-refractivity contribution in [3.8, 4) is 11.5 Å². The van der Waals surface area contributed by atoms with E-state index in [9.17, 15) is 22.9 Å². The minimum absolute atomic E-state index is 0. The smallest absolute Gasteiger partial charge is 0.744 e. The van der Waals surface area contributed by atoms with E-state index in [1.165, 1.54) is 30.3 Å². The molecule has 2 aromatic carbocycles. The summed E-state index contributed by atoms with van der Waals surface area (Å²) in [6, 6.07) is 9.49. The first-order valence-corrected chi connectivity index (χ1v) is 10.0. The monoisotopic (exact) mass is 441 g/mol. The zero-order valence-electron chi connectivity index (χ0n) is 16.4. The Morgan fingerprint density at radius 1 is 1.17 bits per heavy atom. The van der Waals surface area contributed by atoms with E-state index in [0.717, 1.165) is 18.6 Å². The molecule has 0 saturated heterocycles. The number of aromatic hydroxyl groups is 1. The molecule has 0 spiro atoms. The second kappa shape index (κ2) is 12.5. The van der Waals surface area contributed by atoms with Crippen LogP contribution in [0.2, 0.25) is 0 Å². The van der Waals surface area contributed by atoms with Crippen molar-refractivity contribution < 1.29 is 57.2 Å². The van der Waals surface area contributed by atoms with E-state index in [1.54, 1.807) is 6.07 Å². The van der Waals surface area contributed by atoms with Crippen LogP contribution in [0.5, 0.6) is 11.5 Å². The number of nitrogens with zero attached hydrogens (tertiary/aromatic N) is 2. The first-order chi connectivity index (χ1) is 13.8. The van der Waals surface area contributed by atoms with Gasteiger partial charge < -0.3 is 19.7 Å². The molecule has 0 atom stereocenters. The molecule has 0 bridgehead atoms. The fraction of sp³-hybridized carbons (Fsp3) is 0.211. The summed E-state index contributed by atoms with van der Waals surface area (Å²) in [7, 11) is -4.52. The summed E-state index contributed by atoms with van der Waals surface area (Å²) >= 11 is 0. The van der Waals surface area contributed by atoms with Gasteiger partial charge in [-0.1, -0.05) is 6.58 Å². The molecule has 2 aromatic rings. The maximum atomic E-state index is 11.0. The van der Waals surface area contributed by atoms with E-state index in [0.29, 0.717) is 31.0 Å². The first-order valence-electron chi connectivity index (χ1n) is 8.63. The van der Waals surface area contributed by atoms with Gasteiger partial charge in [-0.3, -0.25) is 4.79 Å². The number of phenols is 1. The van der Waals surface area contributed by atoms with Crippen molar-refractivity contribution in [3.05, 3.63) is 55.1 Å². The van der Waals surface area contributed by atoms with Gasteiger partial charge in [0.15, 0.2) is 0 Å². The van der Waals surface area contributed by atoms with Crippen LogP contribution in [0.4, 0.5) is 11.4 Å². The van der Waals surface area contributed by atoms with Crippen LogP contribution in [0.1, 0.15) is 12.8 Å². The largest absolute Gasteiger partial charge is 1.00 e. The summed E-state index contributed by atoms with van der Waals surface area (Å²) in [6.45, 7) is 4.31. The Bertz CT molecular complexity index is 994. The van der Waals surface area contributed by atoms with Gasteiger partial charge >= 0.3 is 29.6 Å². The SMILES string of the molecule is C=CC(=O)NCCCCOc1ccc(N=Nc2ccc(S(=O)(=O)[O-])cc2)c(O)c1.[Na+]. The molecule has 0 aliphatic heterocycles. The quantitative estimate of drug-likeness (QED) is 0.177. The number of ether oxygens (including phenoxy) is 1. The van der Waals surface area contributed by atoms with Crippen molar-refractivity contribution in [2.75, 3.05) is 13.2 Å². The number of carbonyl (C=O) groups excluding carboxylic acids is 1. The van der Waals surface area contributed by atoms with Gasteiger partial charge in [-0.25, -0.2) is 8.42 Å². The Balaban J connectivity index is 0.00000450. The Kier molecular flexibility index (Phi) is 10.7. The Morgan fingerprint density at radius 3 is 2.47 bits per heavy atom. The number of hydrogen-bond acceptors (Lipinski definition) is 8. The number of unbranched alkanes of at least 4 members (excludes halogenated alkanes) is 1. The van der Waals surface area contributed by atoms with Gasteiger partial charge in [-0.15, -0.1) is 5.11 Å². The number of rotatable bonds is 10. The second-order valence-electron chi connectivity index (χ2n) is 5.85. The molecule has 2 N–H and O–H groups in total. The zero-order chi connectivity index (χ0) is 21.3. The van der Waals surface area contributed by atoms with E-state index in [2.05, 4.69) is 22.1 Å². The third-order valence-corrected chi connectivity index (χ3v) is 4.52. The molecule has 11 heteroatoms. The molecule has 30 heavy (non-hydrogen) atoms. The molecule has 0 aromatic heterocycles. The fourth-order valence-corrected chi connectivity index (χ4v) is 2.64. The Labute approximate surface area is 196 Å². The molecule has 0 radical (unpaired) electrons. The van der Waals surface area contributed by atoms with Crippen LogP contribution in [-0.2, 0) is 14.9 Å². The number of phenolic OH excluding ortho intramolecular Hbond substituents is 1. The maximum Gasteiger partial charge on any atom is 1.00 e. The molecule has 0 heterocycles. The average Bonchev–Trinajstić information content (AvgIpc) is 2.69. The van der Waals surface area contributed by atoms with Gasteiger partial charge in [0.1, 0.15) is 27.3 Å². The van der Waals surface area contributed by atoms with Gasteiger partial charge in [0, 0.05) is 12.6 Å². The summed E-state index contributed by atoms with van der Waals surface area (Å²) in [5.41, 5.74) is 0.519. The predicted molar refractivity (Wildman–Crippen MR) is 105 cm³/mol. The van der Waals surface area contributed by atoms with E-state index < -0.39 is 10.1 Å². The number of benzene rings is 2. The molecular weight excluding hydrogens is 421 g/mol. The van der Waals surface area contributed by atoms with Crippen molar-refractivity contribution in [3.63, 3.8) is 0 Å². The molecule has 0 saturated carbocycles. The standard InChI is InChI=1S/C19H21N3O6S.Na/c1-2-19(24)20-11-3-4-12-28-15-7-10-17(18(23)13-15)22-21-14-5-8-16(9-6-14)29(25,26)27;/h2,5-10,13,23H,1,3-4,11-12H2,(H,20,24)(H,25,26,27);/q;+1/p-1. The Hall–Kier alpha value is -2.24. The minimum atomic E-state index is -4.52. The van der Waals surface area contributed by atoms with Crippen LogP contribution in [0, 0.1) is 0 Å². The van der Waals surface area contributed by atoms with Crippen molar-refractivity contribution >= 4 is 27.4 Å². The number of carbonyl (C=O) groups is 1. The molecule has 154 valence electrons. The zero-order valence-corrected chi connectivity index (χ0v) is 19.3. The van der Waals surface area contributed by atoms with Gasteiger partial charge in [-0.2, -0.15) is 5.11 Å². The van der Waals surface area contributed by atoms with Crippen LogP contribution >= 0.6 is 0 Å². The van der Waals surface area contributed by atoms with Gasteiger partial charge in [0.2, 0.25) is 5.91 Å². The number of azo groups is 1. The Morgan fingerprint density at radius 2 is 1.87 bits per heavy atom. The second-order valence-corrected chi connectivity index (χ2v) is 7.23. The third-order valence-electron chi connectivity index (χ3n) is 3.67. The summed E-state index contributed by atoms with van der Waals surface area (Å²) in [5.74, 6) is 0.108. The van der Waals surface area contributed by atoms with Crippen LogP contribution in [0.25, 0.3) is 0 Å². The molecule has 0 unspecified atom stereocenters. The molecule has 9 nitrogen and oxygen atoms in total. The summed E-state index contributed by atoms with van der Waals surface area (Å²) in [4.78, 5) is 10.6. The maximum absolute atomic E-state index is 11.0. The topological polar surface area (TPSA) is 140 Å². The van der Waals surface area contributed by atoms with Gasteiger partial charge in [0.25, 0.3) is 0 Å². The van der Waals surface area contributed by atoms with Crippen LogP contribution in [0.3, 0.4) is 0 Å². The summed E-state index contributed by atoms with van der Waals surface area (Å²) in [5, 5.41) is 20.5. The van der Waals surface area contributed by atoms with Crippen molar-refractivity contribution in [2.45, 2.75) is 17.7 Å². The van der Waals surface area contributed by atoms with Crippen LogP contribution < -0.4 is 39.6 Å². The summed E-state index contributed by atoms with van der Waals surface area (Å²) in [6.07, 6.45) is 2.67. The number of amides is 1. The van der Waals surface area contributed by atoms with Crippen molar-refractivity contribution in [2.24, 2.45) is 10.2 Å². The molecule has 0 fully saturated rings.